The highest BCUT2D eigenvalue weighted by molar-refractivity contribution is 5.99. The lowest BCUT2D eigenvalue weighted by Crippen LogP contribution is -2.48. The first-order valence-electron chi connectivity index (χ1n) is 7.19. The molecule has 0 atom stereocenters. The van der Waals surface area contributed by atoms with Crippen LogP contribution in [-0.2, 0) is 0 Å². The Morgan fingerprint density at radius 1 is 1.21 bits per heavy atom. The van der Waals surface area contributed by atoms with Crippen molar-refractivity contribution in [3.63, 3.8) is 0 Å². The molecule has 8 heteroatoms. The van der Waals surface area contributed by atoms with Crippen LogP contribution in [0.25, 0.3) is 0 Å². The van der Waals surface area contributed by atoms with Gasteiger partial charge in [-0.25, -0.2) is 9.37 Å². The number of aromatic nitrogens is 1. The molecule has 1 aromatic carbocycles. The van der Waals surface area contributed by atoms with E-state index < -0.39 is 0 Å². The molecule has 0 unspecified atom stereocenters. The summed E-state index contributed by atoms with van der Waals surface area (Å²) in [6, 6.07) is 9.65. The van der Waals surface area contributed by atoms with Crippen LogP contribution in [0.3, 0.4) is 0 Å². The van der Waals surface area contributed by atoms with Crippen LogP contribution in [0.2, 0.25) is 0 Å². The van der Waals surface area contributed by atoms with Crippen molar-refractivity contribution in [3.05, 3.63) is 54.0 Å². The molecule has 24 heavy (non-hydrogen) atoms. The Balaban J connectivity index is 0.00000144. The molecule has 2 aromatic rings. The number of hydrogen-bond acceptors (Lipinski definition) is 4. The van der Waals surface area contributed by atoms with Gasteiger partial charge in [0.25, 0.3) is 5.91 Å². The Labute approximate surface area is 152 Å². The van der Waals surface area contributed by atoms with E-state index in [4.69, 9.17) is 0 Å². The zero-order valence-corrected chi connectivity index (χ0v) is 14.4. The lowest BCUT2D eigenvalue weighted by atomic mass is 10.0. The number of anilines is 2. The molecule has 0 radical (unpaired) electrons. The Morgan fingerprint density at radius 2 is 1.96 bits per heavy atom. The fourth-order valence-electron chi connectivity index (χ4n) is 2.20. The number of para-hydroxylation sites is 1. The molecule has 1 aliphatic heterocycles. The highest BCUT2D eigenvalue weighted by atomic mass is 35.5. The Bertz CT molecular complexity index is 683. The van der Waals surface area contributed by atoms with Crippen LogP contribution in [0.1, 0.15) is 10.4 Å². The monoisotopic (exact) mass is 372 g/mol. The van der Waals surface area contributed by atoms with Crippen LogP contribution < -0.4 is 16.0 Å². The third-order valence-electron chi connectivity index (χ3n) is 3.60. The van der Waals surface area contributed by atoms with Gasteiger partial charge in [0.1, 0.15) is 11.6 Å². The maximum absolute atomic E-state index is 13.7. The minimum absolute atomic E-state index is 0. The number of benzene rings is 1. The summed E-state index contributed by atoms with van der Waals surface area (Å²) in [5.74, 6) is 0.222. The van der Waals surface area contributed by atoms with E-state index in [2.05, 4.69) is 20.9 Å². The smallest absolute Gasteiger partial charge is 0.255 e. The van der Waals surface area contributed by atoms with E-state index in [1.54, 1.807) is 36.5 Å². The van der Waals surface area contributed by atoms with Crippen LogP contribution in [0.4, 0.5) is 15.9 Å². The summed E-state index contributed by atoms with van der Waals surface area (Å²) < 4.78 is 13.7. The minimum Gasteiger partial charge on any atom is -0.352 e. The molecule has 0 spiro atoms. The van der Waals surface area contributed by atoms with E-state index in [-0.39, 0.29) is 36.5 Å². The second-order valence-corrected chi connectivity index (χ2v) is 5.24. The van der Waals surface area contributed by atoms with Crippen LogP contribution in [0.5, 0.6) is 0 Å². The van der Waals surface area contributed by atoms with Crippen LogP contribution in [0.15, 0.2) is 42.6 Å². The molecule has 1 saturated heterocycles. The van der Waals surface area contributed by atoms with E-state index in [1.165, 1.54) is 6.07 Å². The summed E-state index contributed by atoms with van der Waals surface area (Å²) in [5.41, 5.74) is 0.691. The zero-order valence-electron chi connectivity index (χ0n) is 12.8. The number of pyridine rings is 1. The standard InChI is InChI=1S/C16H17FN4O.2ClH/c17-13-5-1-2-6-14(13)21-15-12(4-3-7-19-15)16(22)20-10-11-8-18-9-11;;/h1-7,11,18H,8-10H2,(H,19,21)(H,20,22);2*1H. The van der Waals surface area contributed by atoms with Crippen molar-refractivity contribution >= 4 is 42.2 Å². The van der Waals surface area contributed by atoms with Crippen molar-refractivity contribution in [2.45, 2.75) is 0 Å². The van der Waals surface area contributed by atoms with Crippen LogP contribution >= 0.6 is 24.8 Å². The number of halogens is 3. The molecule has 2 heterocycles. The van der Waals surface area contributed by atoms with E-state index in [0.29, 0.717) is 29.5 Å². The molecule has 130 valence electrons. The molecule has 0 saturated carbocycles. The minimum atomic E-state index is -0.389. The largest absolute Gasteiger partial charge is 0.352 e. The van der Waals surface area contributed by atoms with E-state index in [9.17, 15) is 9.18 Å². The molecular weight excluding hydrogens is 354 g/mol. The predicted molar refractivity (Wildman–Crippen MR) is 97.1 cm³/mol. The number of nitrogens with zero attached hydrogens (tertiary/aromatic N) is 1. The summed E-state index contributed by atoms with van der Waals surface area (Å²) in [6.45, 7) is 2.47. The van der Waals surface area contributed by atoms with Crippen molar-refractivity contribution in [2.75, 3.05) is 25.0 Å². The van der Waals surface area contributed by atoms with Gasteiger partial charge >= 0.3 is 0 Å². The fourth-order valence-corrected chi connectivity index (χ4v) is 2.20. The van der Waals surface area contributed by atoms with Gasteiger partial charge in [0.05, 0.1) is 11.3 Å². The van der Waals surface area contributed by atoms with Crippen LogP contribution in [-0.4, -0.2) is 30.5 Å². The van der Waals surface area contributed by atoms with Gasteiger partial charge < -0.3 is 16.0 Å². The topological polar surface area (TPSA) is 66.0 Å². The molecule has 1 aromatic heterocycles. The molecule has 0 bridgehead atoms. The number of amides is 1. The molecule has 0 aliphatic carbocycles. The maximum atomic E-state index is 13.7. The first kappa shape index (κ1) is 20.2. The van der Waals surface area contributed by atoms with E-state index in [1.807, 2.05) is 0 Å². The van der Waals surface area contributed by atoms with Crippen molar-refractivity contribution in [3.8, 4) is 0 Å². The maximum Gasteiger partial charge on any atom is 0.255 e. The lowest BCUT2D eigenvalue weighted by Gasteiger charge is -2.27. The number of carbonyl (C=O) groups excluding carboxylic acids is 1. The Hall–Kier alpha value is -1.89. The van der Waals surface area contributed by atoms with Gasteiger partial charge in [-0.05, 0) is 24.3 Å². The number of nitrogens with one attached hydrogen (secondary N) is 3. The predicted octanol–water partition coefficient (Wildman–Crippen LogP) is 2.76. The molecule has 5 nitrogen and oxygen atoms in total. The summed E-state index contributed by atoms with van der Waals surface area (Å²) >= 11 is 0. The average Bonchev–Trinajstić information content (AvgIpc) is 2.48. The molecule has 1 aliphatic rings. The fraction of sp³-hybridized carbons (Fsp3) is 0.250. The third kappa shape index (κ3) is 4.80. The number of hydrogen-bond donors (Lipinski definition) is 3. The molecular formula is C16H19Cl2FN4O. The normalized spacial score (nSPS) is 13.0. The van der Waals surface area contributed by atoms with Crippen LogP contribution in [0, 0.1) is 11.7 Å². The highest BCUT2D eigenvalue weighted by Gasteiger charge is 2.19. The van der Waals surface area contributed by atoms with Crippen molar-refractivity contribution in [1.82, 2.24) is 15.6 Å². The van der Waals surface area contributed by atoms with Gasteiger partial charge in [-0.2, -0.15) is 0 Å². The SMILES string of the molecule is Cl.Cl.O=C(NCC1CNC1)c1cccnc1Nc1ccccc1F. The second-order valence-electron chi connectivity index (χ2n) is 5.24. The quantitative estimate of drug-likeness (QED) is 0.754. The summed E-state index contributed by atoms with van der Waals surface area (Å²) in [7, 11) is 0. The summed E-state index contributed by atoms with van der Waals surface area (Å²) in [5, 5.41) is 8.92. The second kappa shape index (κ2) is 9.42. The third-order valence-corrected chi connectivity index (χ3v) is 3.60. The number of rotatable bonds is 5. The average molecular weight is 373 g/mol. The Morgan fingerprint density at radius 3 is 2.62 bits per heavy atom. The van der Waals surface area contributed by atoms with Gasteiger partial charge in [-0.3, -0.25) is 4.79 Å². The Kier molecular flexibility index (Phi) is 7.91. The van der Waals surface area contributed by atoms with Gasteiger partial charge in [-0.15, -0.1) is 24.8 Å². The summed E-state index contributed by atoms with van der Waals surface area (Å²) in [6.07, 6.45) is 1.57. The number of carbonyl (C=O) groups is 1. The highest BCUT2D eigenvalue weighted by Crippen LogP contribution is 2.20. The molecule has 3 rings (SSSR count). The molecule has 3 N–H and O–H groups in total. The lowest BCUT2D eigenvalue weighted by molar-refractivity contribution is 0.0943. The first-order valence-corrected chi connectivity index (χ1v) is 7.19. The van der Waals surface area contributed by atoms with Gasteiger partial charge in [-0.1, -0.05) is 12.1 Å². The van der Waals surface area contributed by atoms with E-state index >= 15 is 0 Å². The molecule has 1 fully saturated rings. The van der Waals surface area contributed by atoms with Gasteiger partial charge in [0, 0.05) is 31.7 Å². The van der Waals surface area contributed by atoms with E-state index in [0.717, 1.165) is 13.1 Å². The molecule has 1 amide bonds. The zero-order chi connectivity index (χ0) is 15.4. The summed E-state index contributed by atoms with van der Waals surface area (Å²) in [4.78, 5) is 16.4. The van der Waals surface area contributed by atoms with Gasteiger partial charge in [0.2, 0.25) is 0 Å². The van der Waals surface area contributed by atoms with Gasteiger partial charge in [0.15, 0.2) is 0 Å². The van der Waals surface area contributed by atoms with Crippen molar-refractivity contribution in [2.24, 2.45) is 5.92 Å². The van der Waals surface area contributed by atoms with Crippen molar-refractivity contribution in [1.29, 1.82) is 0 Å². The first-order chi connectivity index (χ1) is 10.7. The van der Waals surface area contributed by atoms with Crippen molar-refractivity contribution < 1.29 is 9.18 Å².